The van der Waals surface area contributed by atoms with Gasteiger partial charge in [-0.15, -0.1) is 11.8 Å². The second-order valence-electron chi connectivity index (χ2n) is 3.64. The molecule has 2 N–H and O–H groups in total. The molecule has 0 aliphatic carbocycles. The van der Waals surface area contributed by atoms with E-state index in [0.717, 1.165) is 21.9 Å². The zero-order valence-electron chi connectivity index (χ0n) is 9.40. The summed E-state index contributed by atoms with van der Waals surface area (Å²) in [7, 11) is 0. The number of rotatable bonds is 4. The quantitative estimate of drug-likeness (QED) is 0.842. The average Bonchev–Trinajstić information content (AvgIpc) is 2.38. The van der Waals surface area contributed by atoms with Crippen molar-refractivity contribution in [2.24, 2.45) is 5.73 Å². The Bertz CT molecular complexity index is 482. The molecule has 1 nitrogen and oxygen atoms in total. The number of hydrogen-bond acceptors (Lipinski definition) is 2. The van der Waals surface area contributed by atoms with Gasteiger partial charge < -0.3 is 5.73 Å². The molecule has 0 aliphatic heterocycles. The van der Waals surface area contributed by atoms with Gasteiger partial charge in [0.05, 0.1) is 0 Å². The van der Waals surface area contributed by atoms with Crippen LogP contribution in [0.25, 0.3) is 11.1 Å². The van der Waals surface area contributed by atoms with E-state index in [9.17, 15) is 0 Å². The molecule has 0 aromatic heterocycles. The van der Waals surface area contributed by atoms with Gasteiger partial charge in [-0.3, -0.25) is 0 Å². The van der Waals surface area contributed by atoms with E-state index in [1.807, 2.05) is 24.3 Å². The van der Waals surface area contributed by atoms with Crippen LogP contribution in [0.15, 0.2) is 53.4 Å². The summed E-state index contributed by atoms with van der Waals surface area (Å²) in [5.41, 5.74) is 7.70. The molecule has 2 aromatic carbocycles. The number of halogens is 1. The molecule has 2 rings (SSSR count). The number of nitrogens with two attached hydrogens (primary N) is 1. The molecule has 0 atom stereocenters. The predicted octanol–water partition coefficient (Wildman–Crippen LogP) is 4.06. The van der Waals surface area contributed by atoms with Crippen LogP contribution in [-0.4, -0.2) is 12.3 Å². The largest absolute Gasteiger partial charge is 0.330 e. The Morgan fingerprint density at radius 2 is 1.71 bits per heavy atom. The van der Waals surface area contributed by atoms with Crippen molar-refractivity contribution >= 4 is 23.4 Å². The van der Waals surface area contributed by atoms with Crippen LogP contribution in [0.5, 0.6) is 0 Å². The van der Waals surface area contributed by atoms with Crippen LogP contribution in [0.4, 0.5) is 0 Å². The van der Waals surface area contributed by atoms with Gasteiger partial charge in [-0.1, -0.05) is 41.9 Å². The van der Waals surface area contributed by atoms with Crippen LogP contribution < -0.4 is 5.73 Å². The number of thioether (sulfide) groups is 1. The molecule has 0 saturated carbocycles. The molecule has 88 valence electrons. The zero-order valence-corrected chi connectivity index (χ0v) is 11.0. The third-order valence-corrected chi connectivity index (χ3v) is 3.80. The molecule has 3 heteroatoms. The van der Waals surface area contributed by atoms with Crippen molar-refractivity contribution in [1.82, 2.24) is 0 Å². The highest BCUT2D eigenvalue weighted by Gasteiger charge is 2.02. The number of hydrogen-bond donors (Lipinski definition) is 1. The van der Waals surface area contributed by atoms with Gasteiger partial charge in [0, 0.05) is 27.8 Å². The van der Waals surface area contributed by atoms with Crippen LogP contribution in [-0.2, 0) is 0 Å². The molecule has 2 aromatic rings. The number of benzene rings is 2. The van der Waals surface area contributed by atoms with Gasteiger partial charge in [0.1, 0.15) is 0 Å². The van der Waals surface area contributed by atoms with Gasteiger partial charge in [-0.05, 0) is 23.8 Å². The van der Waals surface area contributed by atoms with Crippen molar-refractivity contribution in [2.75, 3.05) is 12.3 Å². The van der Waals surface area contributed by atoms with Crippen LogP contribution in [0, 0.1) is 0 Å². The molecule has 0 bridgehead atoms. The second-order valence-corrected chi connectivity index (χ2v) is 5.22. The van der Waals surface area contributed by atoms with E-state index in [1.165, 1.54) is 4.90 Å². The predicted molar refractivity (Wildman–Crippen MR) is 76.7 cm³/mol. The monoisotopic (exact) mass is 263 g/mol. The van der Waals surface area contributed by atoms with Crippen LogP contribution >= 0.6 is 23.4 Å². The van der Waals surface area contributed by atoms with Crippen molar-refractivity contribution in [3.63, 3.8) is 0 Å². The van der Waals surface area contributed by atoms with Gasteiger partial charge >= 0.3 is 0 Å². The summed E-state index contributed by atoms with van der Waals surface area (Å²) < 4.78 is 0. The SMILES string of the molecule is NCCSc1ccc(-c2ccccc2Cl)cc1. The molecule has 0 amide bonds. The van der Waals surface area contributed by atoms with E-state index in [-0.39, 0.29) is 0 Å². The highest BCUT2D eigenvalue weighted by molar-refractivity contribution is 7.99. The van der Waals surface area contributed by atoms with Crippen LogP contribution in [0.1, 0.15) is 0 Å². The normalized spacial score (nSPS) is 10.5. The minimum Gasteiger partial charge on any atom is -0.330 e. The van der Waals surface area contributed by atoms with Crippen molar-refractivity contribution in [2.45, 2.75) is 4.90 Å². The first-order valence-corrected chi connectivity index (χ1v) is 6.85. The maximum atomic E-state index is 6.16. The van der Waals surface area contributed by atoms with E-state index in [0.29, 0.717) is 6.54 Å². The lowest BCUT2D eigenvalue weighted by Crippen LogP contribution is -2.00. The van der Waals surface area contributed by atoms with Crippen molar-refractivity contribution in [3.05, 3.63) is 53.6 Å². The Balaban J connectivity index is 2.21. The van der Waals surface area contributed by atoms with Crippen LogP contribution in [0.3, 0.4) is 0 Å². The van der Waals surface area contributed by atoms with Crippen molar-refractivity contribution in [1.29, 1.82) is 0 Å². The van der Waals surface area contributed by atoms with Crippen molar-refractivity contribution in [3.8, 4) is 11.1 Å². The molecule has 0 unspecified atom stereocenters. The lowest BCUT2D eigenvalue weighted by atomic mass is 10.1. The zero-order chi connectivity index (χ0) is 12.1. The Morgan fingerprint density at radius 1 is 1.00 bits per heavy atom. The molecule has 0 heterocycles. The van der Waals surface area contributed by atoms with E-state index in [4.69, 9.17) is 17.3 Å². The molecule has 0 spiro atoms. The summed E-state index contributed by atoms with van der Waals surface area (Å²) in [4.78, 5) is 1.24. The van der Waals surface area contributed by atoms with Gasteiger partial charge in [-0.2, -0.15) is 0 Å². The minimum atomic E-state index is 0.705. The first-order valence-electron chi connectivity index (χ1n) is 5.49. The Morgan fingerprint density at radius 3 is 2.35 bits per heavy atom. The highest BCUT2D eigenvalue weighted by atomic mass is 35.5. The molecule has 0 saturated heterocycles. The molecule has 0 fully saturated rings. The van der Waals surface area contributed by atoms with E-state index in [1.54, 1.807) is 11.8 Å². The third-order valence-electron chi connectivity index (χ3n) is 2.43. The first-order chi connectivity index (χ1) is 8.31. The van der Waals surface area contributed by atoms with Gasteiger partial charge in [-0.25, -0.2) is 0 Å². The standard InChI is InChI=1S/C14H14ClNS/c15-14-4-2-1-3-13(14)11-5-7-12(8-6-11)17-10-9-16/h1-8H,9-10,16H2. The fourth-order valence-corrected chi connectivity index (χ4v) is 2.53. The maximum absolute atomic E-state index is 6.16. The fourth-order valence-electron chi connectivity index (χ4n) is 1.60. The molecular weight excluding hydrogens is 250 g/mol. The van der Waals surface area contributed by atoms with E-state index >= 15 is 0 Å². The van der Waals surface area contributed by atoms with E-state index < -0.39 is 0 Å². The summed E-state index contributed by atoms with van der Waals surface area (Å²) in [5.74, 6) is 0.950. The second kappa shape index (κ2) is 6.10. The summed E-state index contributed by atoms with van der Waals surface area (Å²) in [5, 5.41) is 0.787. The molecular formula is C14H14ClNS. The molecule has 0 aliphatic rings. The molecule has 0 radical (unpaired) electrons. The van der Waals surface area contributed by atoms with E-state index in [2.05, 4.69) is 24.3 Å². The summed E-state index contributed by atoms with van der Waals surface area (Å²) in [6.07, 6.45) is 0. The molecule has 17 heavy (non-hydrogen) atoms. The summed E-state index contributed by atoms with van der Waals surface area (Å²) in [6.45, 7) is 0.705. The fraction of sp³-hybridized carbons (Fsp3) is 0.143. The Labute approximate surface area is 111 Å². The lowest BCUT2D eigenvalue weighted by molar-refractivity contribution is 1.15. The van der Waals surface area contributed by atoms with Gasteiger partial charge in [0.15, 0.2) is 0 Å². The lowest BCUT2D eigenvalue weighted by Gasteiger charge is -2.05. The summed E-state index contributed by atoms with van der Waals surface area (Å²) >= 11 is 7.93. The van der Waals surface area contributed by atoms with Crippen molar-refractivity contribution < 1.29 is 0 Å². The maximum Gasteiger partial charge on any atom is 0.0484 e. The smallest absolute Gasteiger partial charge is 0.0484 e. The average molecular weight is 264 g/mol. The van der Waals surface area contributed by atoms with Gasteiger partial charge in [0.25, 0.3) is 0 Å². The highest BCUT2D eigenvalue weighted by Crippen LogP contribution is 2.29. The van der Waals surface area contributed by atoms with Gasteiger partial charge in [0.2, 0.25) is 0 Å². The minimum absolute atomic E-state index is 0.705. The van der Waals surface area contributed by atoms with Crippen LogP contribution in [0.2, 0.25) is 5.02 Å². The Kier molecular flexibility index (Phi) is 4.49. The third kappa shape index (κ3) is 3.25. The summed E-state index contributed by atoms with van der Waals surface area (Å²) in [6, 6.07) is 16.3. The Hall–Kier alpha value is -0.960. The topological polar surface area (TPSA) is 26.0 Å². The first kappa shape index (κ1) is 12.5.